The molecule has 0 amide bonds. The number of hydrogen-bond donors (Lipinski definition) is 1. The van der Waals surface area contributed by atoms with E-state index in [1.54, 1.807) is 18.3 Å². The van der Waals surface area contributed by atoms with Gasteiger partial charge in [0.2, 0.25) is 0 Å². The molecule has 0 aliphatic heterocycles. The Hall–Kier alpha value is -2.54. The zero-order chi connectivity index (χ0) is 15.6. The second-order valence-electron chi connectivity index (χ2n) is 5.88. The van der Waals surface area contributed by atoms with Gasteiger partial charge in [-0.3, -0.25) is 0 Å². The van der Waals surface area contributed by atoms with E-state index in [2.05, 4.69) is 9.83 Å². The van der Waals surface area contributed by atoms with Gasteiger partial charge in [-0.15, -0.1) is 0 Å². The van der Waals surface area contributed by atoms with Crippen LogP contribution in [0, 0.1) is 13.5 Å². The number of aryl methyl sites for hydroxylation is 1. The molecule has 108 valence electrons. The zero-order valence-corrected chi connectivity index (χ0v) is 12.7. The largest absolute Gasteiger partial charge is 0.455 e. The summed E-state index contributed by atoms with van der Waals surface area (Å²) in [5.41, 5.74) is 3.15. The third-order valence-electron chi connectivity index (χ3n) is 2.97. The van der Waals surface area contributed by atoms with Gasteiger partial charge in [0.15, 0.2) is 5.69 Å². The molecule has 1 aromatic heterocycles. The summed E-state index contributed by atoms with van der Waals surface area (Å²) >= 11 is 0. The van der Waals surface area contributed by atoms with Crippen molar-refractivity contribution in [3.8, 4) is 11.1 Å². The highest BCUT2D eigenvalue weighted by atomic mass is 16.6. The van der Waals surface area contributed by atoms with Crippen molar-refractivity contribution in [3.05, 3.63) is 53.1 Å². The normalized spacial score (nSPS) is 11.0. The Morgan fingerprint density at radius 2 is 1.86 bits per heavy atom. The van der Waals surface area contributed by atoms with Crippen molar-refractivity contribution in [2.45, 2.75) is 33.3 Å². The van der Waals surface area contributed by atoms with Gasteiger partial charge in [0.05, 0.1) is 6.57 Å². The van der Waals surface area contributed by atoms with E-state index in [0.717, 1.165) is 16.7 Å². The monoisotopic (exact) mass is 282 g/mol. The number of esters is 1. The summed E-state index contributed by atoms with van der Waals surface area (Å²) in [6.07, 6.45) is 1.79. The van der Waals surface area contributed by atoms with Gasteiger partial charge < -0.3 is 9.72 Å². The summed E-state index contributed by atoms with van der Waals surface area (Å²) in [4.78, 5) is 18.6. The molecule has 21 heavy (non-hydrogen) atoms. The van der Waals surface area contributed by atoms with Gasteiger partial charge >= 0.3 is 5.97 Å². The molecule has 0 saturated carbocycles. The average molecular weight is 282 g/mol. The van der Waals surface area contributed by atoms with E-state index >= 15 is 0 Å². The molecule has 2 aromatic rings. The Balaban J connectivity index is 2.42. The van der Waals surface area contributed by atoms with E-state index in [0.29, 0.717) is 11.4 Å². The van der Waals surface area contributed by atoms with Gasteiger partial charge in [0, 0.05) is 11.8 Å². The summed E-state index contributed by atoms with van der Waals surface area (Å²) in [5.74, 6) is -0.375. The number of rotatable bonds is 2. The second kappa shape index (κ2) is 5.45. The fourth-order valence-electron chi connectivity index (χ4n) is 2.09. The van der Waals surface area contributed by atoms with E-state index in [1.807, 2.05) is 39.8 Å². The summed E-state index contributed by atoms with van der Waals surface area (Å²) in [6, 6.07) is 7.18. The molecule has 0 saturated heterocycles. The van der Waals surface area contributed by atoms with Crippen molar-refractivity contribution in [2.75, 3.05) is 0 Å². The quantitative estimate of drug-likeness (QED) is 0.651. The lowest BCUT2D eigenvalue weighted by Crippen LogP contribution is -2.24. The molecule has 0 fully saturated rings. The molecule has 1 aromatic carbocycles. The maximum absolute atomic E-state index is 12.3. The first kappa shape index (κ1) is 14.9. The number of aromatic nitrogens is 1. The second-order valence-corrected chi connectivity index (χ2v) is 5.88. The van der Waals surface area contributed by atoms with E-state index < -0.39 is 5.60 Å². The minimum absolute atomic E-state index is 0.375. The number of nitrogens with one attached hydrogen (secondary N) is 1. The Morgan fingerprint density at radius 1 is 1.24 bits per heavy atom. The Morgan fingerprint density at radius 3 is 2.38 bits per heavy atom. The van der Waals surface area contributed by atoms with Crippen LogP contribution in [0.25, 0.3) is 16.0 Å². The van der Waals surface area contributed by atoms with Gasteiger partial charge in [-0.05, 0) is 38.8 Å². The molecule has 0 aliphatic rings. The van der Waals surface area contributed by atoms with E-state index in [9.17, 15) is 4.79 Å². The van der Waals surface area contributed by atoms with Crippen LogP contribution in [0.1, 0.15) is 36.8 Å². The van der Waals surface area contributed by atoms with Crippen molar-refractivity contribution < 1.29 is 9.53 Å². The average Bonchev–Trinajstić information content (AvgIpc) is 2.79. The van der Waals surface area contributed by atoms with Crippen molar-refractivity contribution >= 4 is 11.7 Å². The Bertz CT molecular complexity index is 698. The lowest BCUT2D eigenvalue weighted by atomic mass is 10.0. The SMILES string of the molecule is [C-]#[N+]c1ccc(-c2c(C)c[nH]c2C(=O)OC(C)(C)C)cc1. The summed E-state index contributed by atoms with van der Waals surface area (Å²) in [6.45, 7) is 14.4. The molecule has 0 spiro atoms. The highest BCUT2D eigenvalue weighted by Crippen LogP contribution is 2.30. The van der Waals surface area contributed by atoms with Crippen LogP contribution in [0.5, 0.6) is 0 Å². The van der Waals surface area contributed by atoms with Crippen LogP contribution in [0.4, 0.5) is 5.69 Å². The first-order chi connectivity index (χ1) is 9.81. The number of nitrogens with zero attached hydrogens (tertiary/aromatic N) is 1. The Kier molecular flexibility index (Phi) is 3.86. The minimum atomic E-state index is -0.540. The standard InChI is InChI=1S/C17H18N2O2/c1-11-10-19-15(16(20)21-17(2,3)4)14(11)12-6-8-13(18-5)9-7-12/h6-10,19H,1-4H3. The lowest BCUT2D eigenvalue weighted by molar-refractivity contribution is 0.00645. The minimum Gasteiger partial charge on any atom is -0.455 e. The van der Waals surface area contributed by atoms with Gasteiger partial charge in [-0.2, -0.15) is 0 Å². The summed E-state index contributed by atoms with van der Waals surface area (Å²) in [7, 11) is 0. The fraction of sp³-hybridized carbons (Fsp3) is 0.294. The van der Waals surface area contributed by atoms with Crippen molar-refractivity contribution in [2.24, 2.45) is 0 Å². The third-order valence-corrected chi connectivity index (χ3v) is 2.97. The highest BCUT2D eigenvalue weighted by molar-refractivity contribution is 5.97. The molecule has 0 bridgehead atoms. The van der Waals surface area contributed by atoms with E-state index in [1.165, 1.54) is 0 Å². The zero-order valence-electron chi connectivity index (χ0n) is 12.7. The molecular weight excluding hydrogens is 264 g/mol. The van der Waals surface area contributed by atoms with Crippen LogP contribution < -0.4 is 0 Å². The predicted molar refractivity (Wildman–Crippen MR) is 82.4 cm³/mol. The topological polar surface area (TPSA) is 46.5 Å². The van der Waals surface area contributed by atoms with E-state index in [4.69, 9.17) is 11.3 Å². The summed E-state index contributed by atoms with van der Waals surface area (Å²) in [5, 5.41) is 0. The van der Waals surface area contributed by atoms with Crippen LogP contribution in [0.15, 0.2) is 30.5 Å². The maximum atomic E-state index is 12.3. The number of hydrogen-bond acceptors (Lipinski definition) is 2. The molecule has 4 heteroatoms. The number of H-pyrrole nitrogens is 1. The van der Waals surface area contributed by atoms with Crippen LogP contribution in [0.3, 0.4) is 0 Å². The molecule has 0 atom stereocenters. The highest BCUT2D eigenvalue weighted by Gasteiger charge is 2.23. The number of carbonyl (C=O) groups excluding carboxylic acids is 1. The molecular formula is C17H18N2O2. The number of aromatic amines is 1. The maximum Gasteiger partial charge on any atom is 0.355 e. The molecule has 0 unspecified atom stereocenters. The van der Waals surface area contributed by atoms with E-state index in [-0.39, 0.29) is 5.97 Å². The van der Waals surface area contributed by atoms with Crippen LogP contribution in [-0.2, 0) is 4.74 Å². The predicted octanol–water partition coefficient (Wildman–Crippen LogP) is 4.50. The Labute approximate surface area is 124 Å². The number of carbonyl (C=O) groups is 1. The molecule has 1 N–H and O–H groups in total. The molecule has 4 nitrogen and oxygen atoms in total. The van der Waals surface area contributed by atoms with Crippen LogP contribution in [-0.4, -0.2) is 16.6 Å². The van der Waals surface area contributed by atoms with Gasteiger partial charge in [0.25, 0.3) is 0 Å². The van der Waals surface area contributed by atoms with Gasteiger partial charge in [0.1, 0.15) is 11.3 Å². The smallest absolute Gasteiger partial charge is 0.355 e. The van der Waals surface area contributed by atoms with Crippen molar-refractivity contribution in [1.82, 2.24) is 4.98 Å². The molecule has 2 rings (SSSR count). The van der Waals surface area contributed by atoms with Gasteiger partial charge in [-0.1, -0.05) is 24.3 Å². The molecule has 0 radical (unpaired) electrons. The molecule has 1 heterocycles. The number of ether oxygens (including phenoxy) is 1. The van der Waals surface area contributed by atoms with Crippen LogP contribution in [0.2, 0.25) is 0 Å². The number of benzene rings is 1. The van der Waals surface area contributed by atoms with Crippen molar-refractivity contribution in [1.29, 1.82) is 0 Å². The van der Waals surface area contributed by atoms with Gasteiger partial charge in [-0.25, -0.2) is 9.64 Å². The lowest BCUT2D eigenvalue weighted by Gasteiger charge is -2.19. The fourth-order valence-corrected chi connectivity index (χ4v) is 2.09. The summed E-state index contributed by atoms with van der Waals surface area (Å²) < 4.78 is 5.43. The third kappa shape index (κ3) is 3.32. The van der Waals surface area contributed by atoms with Crippen molar-refractivity contribution in [3.63, 3.8) is 0 Å². The molecule has 0 aliphatic carbocycles. The first-order valence-electron chi connectivity index (χ1n) is 6.71. The first-order valence-corrected chi connectivity index (χ1v) is 6.71. The van der Waals surface area contributed by atoms with Crippen LogP contribution >= 0.6 is 0 Å².